The largest absolute Gasteiger partial charge is 0.491 e. The Kier molecular flexibility index (Phi) is 6.14. The number of carbonyl (C=O) groups excluding carboxylic acids is 1. The molecule has 0 atom stereocenters. The zero-order valence-corrected chi connectivity index (χ0v) is 11.2. The summed E-state index contributed by atoms with van der Waals surface area (Å²) in [6.45, 7) is 5.51. The highest BCUT2D eigenvalue weighted by Gasteiger charge is 2.06. The van der Waals surface area contributed by atoms with Crippen LogP contribution < -0.4 is 15.4 Å². The molecule has 0 unspecified atom stereocenters. The van der Waals surface area contributed by atoms with Crippen LogP contribution in [0.15, 0.2) is 12.1 Å². The molecule has 0 bridgehead atoms. The van der Waals surface area contributed by atoms with Crippen LogP contribution in [-0.4, -0.2) is 31.1 Å². The number of ether oxygens (including phenoxy) is 1. The van der Waals surface area contributed by atoms with Crippen molar-refractivity contribution in [3.05, 3.63) is 23.5 Å². The molecule has 1 heterocycles. The summed E-state index contributed by atoms with van der Waals surface area (Å²) in [7, 11) is 1.86. The zero-order chi connectivity index (χ0) is 13.4. The van der Waals surface area contributed by atoms with Crippen LogP contribution in [0.1, 0.15) is 24.7 Å². The third kappa shape index (κ3) is 4.71. The van der Waals surface area contributed by atoms with Crippen LogP contribution in [0, 0.1) is 6.92 Å². The van der Waals surface area contributed by atoms with Crippen LogP contribution >= 0.6 is 0 Å². The maximum absolute atomic E-state index is 11.3. The molecule has 0 spiro atoms. The van der Waals surface area contributed by atoms with Crippen LogP contribution in [0.5, 0.6) is 5.75 Å². The van der Waals surface area contributed by atoms with Gasteiger partial charge in [-0.3, -0.25) is 9.78 Å². The number of hydrogen-bond donors (Lipinski definition) is 2. The van der Waals surface area contributed by atoms with Crippen molar-refractivity contribution in [1.29, 1.82) is 0 Å². The van der Waals surface area contributed by atoms with Gasteiger partial charge >= 0.3 is 0 Å². The van der Waals surface area contributed by atoms with Crippen molar-refractivity contribution in [2.45, 2.75) is 26.8 Å². The molecule has 0 fully saturated rings. The second kappa shape index (κ2) is 7.66. The van der Waals surface area contributed by atoms with Gasteiger partial charge in [-0.25, -0.2) is 0 Å². The first kappa shape index (κ1) is 14.4. The summed E-state index contributed by atoms with van der Waals surface area (Å²) in [5.74, 6) is 0.743. The third-order valence-corrected chi connectivity index (χ3v) is 2.38. The van der Waals surface area contributed by atoms with Crippen molar-refractivity contribution in [2.75, 3.05) is 20.2 Å². The van der Waals surface area contributed by atoms with Gasteiger partial charge in [-0.15, -0.1) is 0 Å². The Labute approximate surface area is 108 Å². The number of nitrogens with zero attached hydrogens (tertiary/aromatic N) is 1. The Morgan fingerprint density at radius 3 is 2.89 bits per heavy atom. The minimum absolute atomic E-state index is 0.00716. The summed E-state index contributed by atoms with van der Waals surface area (Å²) in [6.07, 6.45) is 0.362. The van der Waals surface area contributed by atoms with E-state index in [1.807, 2.05) is 33.0 Å². The number of carbonyl (C=O) groups is 1. The smallest absolute Gasteiger partial charge is 0.223 e. The van der Waals surface area contributed by atoms with Crippen LogP contribution in [0.4, 0.5) is 0 Å². The molecule has 0 aromatic carbocycles. The number of hydrogen-bond acceptors (Lipinski definition) is 4. The quantitative estimate of drug-likeness (QED) is 0.759. The molecule has 1 amide bonds. The lowest BCUT2D eigenvalue weighted by Crippen LogP contribution is -2.24. The van der Waals surface area contributed by atoms with E-state index in [9.17, 15) is 4.79 Å². The van der Waals surface area contributed by atoms with Crippen molar-refractivity contribution in [3.8, 4) is 5.75 Å². The highest BCUT2D eigenvalue weighted by atomic mass is 16.5. The van der Waals surface area contributed by atoms with Gasteiger partial charge in [0.15, 0.2) is 0 Å². The molecule has 1 aromatic heterocycles. The molecule has 18 heavy (non-hydrogen) atoms. The molecule has 0 saturated carbocycles. The van der Waals surface area contributed by atoms with Crippen molar-refractivity contribution in [2.24, 2.45) is 0 Å². The number of amides is 1. The molecular weight excluding hydrogens is 230 g/mol. The van der Waals surface area contributed by atoms with Crippen molar-refractivity contribution < 1.29 is 9.53 Å². The first-order valence-electron chi connectivity index (χ1n) is 6.18. The molecule has 2 N–H and O–H groups in total. The lowest BCUT2D eigenvalue weighted by atomic mass is 10.3. The SMILES string of the molecule is CCNC(=O)CCOc1ccc(C)nc1CNC. The average Bonchev–Trinajstić information content (AvgIpc) is 2.33. The van der Waals surface area contributed by atoms with Crippen molar-refractivity contribution in [1.82, 2.24) is 15.6 Å². The molecule has 0 saturated heterocycles. The van der Waals surface area contributed by atoms with E-state index in [1.54, 1.807) is 0 Å². The first-order chi connectivity index (χ1) is 8.67. The molecule has 0 aliphatic carbocycles. The highest BCUT2D eigenvalue weighted by molar-refractivity contribution is 5.75. The van der Waals surface area contributed by atoms with E-state index in [0.717, 1.165) is 17.1 Å². The van der Waals surface area contributed by atoms with Gasteiger partial charge in [0.25, 0.3) is 0 Å². The minimum atomic E-state index is 0.00716. The molecule has 0 aliphatic rings. The molecule has 5 heteroatoms. The highest BCUT2D eigenvalue weighted by Crippen LogP contribution is 2.16. The van der Waals surface area contributed by atoms with Gasteiger partial charge in [-0.2, -0.15) is 0 Å². The van der Waals surface area contributed by atoms with Gasteiger partial charge in [0, 0.05) is 18.8 Å². The molecule has 100 valence electrons. The zero-order valence-electron chi connectivity index (χ0n) is 11.2. The summed E-state index contributed by atoms with van der Waals surface area (Å²) >= 11 is 0. The Hall–Kier alpha value is -1.62. The van der Waals surface area contributed by atoms with Crippen LogP contribution in [-0.2, 0) is 11.3 Å². The number of rotatable bonds is 7. The van der Waals surface area contributed by atoms with Gasteiger partial charge in [-0.05, 0) is 33.0 Å². The normalized spacial score (nSPS) is 10.2. The summed E-state index contributed by atoms with van der Waals surface area (Å²) in [6, 6.07) is 3.80. The van der Waals surface area contributed by atoms with E-state index in [0.29, 0.717) is 26.1 Å². The third-order valence-electron chi connectivity index (χ3n) is 2.38. The van der Waals surface area contributed by atoms with Crippen molar-refractivity contribution >= 4 is 5.91 Å². The number of aromatic nitrogens is 1. The summed E-state index contributed by atoms with van der Waals surface area (Å²) in [5.41, 5.74) is 1.82. The Morgan fingerprint density at radius 1 is 1.44 bits per heavy atom. The average molecular weight is 251 g/mol. The fourth-order valence-corrected chi connectivity index (χ4v) is 1.56. The van der Waals surface area contributed by atoms with E-state index in [2.05, 4.69) is 15.6 Å². The minimum Gasteiger partial charge on any atom is -0.491 e. The number of nitrogens with one attached hydrogen (secondary N) is 2. The maximum atomic E-state index is 11.3. The van der Waals surface area contributed by atoms with Gasteiger partial charge in [0.2, 0.25) is 5.91 Å². The van der Waals surface area contributed by atoms with Crippen LogP contribution in [0.3, 0.4) is 0 Å². The van der Waals surface area contributed by atoms with E-state index < -0.39 is 0 Å². The predicted octanol–water partition coefficient (Wildman–Crippen LogP) is 1.01. The Bertz CT molecular complexity index is 394. The van der Waals surface area contributed by atoms with Crippen LogP contribution in [0.25, 0.3) is 0 Å². The Morgan fingerprint density at radius 2 is 2.22 bits per heavy atom. The molecule has 0 radical (unpaired) electrons. The molecular formula is C13H21N3O2. The first-order valence-corrected chi connectivity index (χ1v) is 6.18. The van der Waals surface area contributed by atoms with E-state index in [-0.39, 0.29) is 5.91 Å². The summed E-state index contributed by atoms with van der Waals surface area (Å²) < 4.78 is 5.60. The van der Waals surface area contributed by atoms with E-state index >= 15 is 0 Å². The van der Waals surface area contributed by atoms with Crippen LogP contribution in [0.2, 0.25) is 0 Å². The molecule has 5 nitrogen and oxygen atoms in total. The fourth-order valence-electron chi connectivity index (χ4n) is 1.56. The van der Waals surface area contributed by atoms with Gasteiger partial charge in [-0.1, -0.05) is 0 Å². The monoisotopic (exact) mass is 251 g/mol. The number of pyridine rings is 1. The van der Waals surface area contributed by atoms with Crippen molar-refractivity contribution in [3.63, 3.8) is 0 Å². The summed E-state index contributed by atoms with van der Waals surface area (Å²) in [5, 5.41) is 5.78. The Balaban J connectivity index is 2.53. The predicted molar refractivity (Wildman–Crippen MR) is 70.5 cm³/mol. The standard InChI is InChI=1S/C13H21N3O2/c1-4-15-13(17)7-8-18-12-6-5-10(2)16-11(12)9-14-3/h5-6,14H,4,7-9H2,1-3H3,(H,15,17). The molecule has 1 aromatic rings. The topological polar surface area (TPSA) is 63.2 Å². The number of aryl methyl sites for hydroxylation is 1. The van der Waals surface area contributed by atoms with E-state index in [1.165, 1.54) is 0 Å². The fraction of sp³-hybridized carbons (Fsp3) is 0.538. The maximum Gasteiger partial charge on any atom is 0.223 e. The van der Waals surface area contributed by atoms with Gasteiger partial charge in [0.05, 0.1) is 18.7 Å². The molecule has 1 rings (SSSR count). The second-order valence-corrected chi connectivity index (χ2v) is 3.98. The second-order valence-electron chi connectivity index (χ2n) is 3.98. The van der Waals surface area contributed by atoms with E-state index in [4.69, 9.17) is 4.74 Å². The lowest BCUT2D eigenvalue weighted by molar-refractivity contribution is -0.121. The van der Waals surface area contributed by atoms with Gasteiger partial charge in [0.1, 0.15) is 5.75 Å². The summed E-state index contributed by atoms with van der Waals surface area (Å²) in [4.78, 5) is 15.7. The molecule has 0 aliphatic heterocycles. The lowest BCUT2D eigenvalue weighted by Gasteiger charge is -2.11. The van der Waals surface area contributed by atoms with Gasteiger partial charge < -0.3 is 15.4 Å².